The minimum Gasteiger partial charge on any atom is -0.306 e. The molecule has 3 atom stereocenters. The third kappa shape index (κ3) is 2.98. The van der Waals surface area contributed by atoms with Crippen LogP contribution in [0.3, 0.4) is 0 Å². The Labute approximate surface area is 83.5 Å². The first-order valence-corrected chi connectivity index (χ1v) is 5.69. The molecule has 0 spiro atoms. The Morgan fingerprint density at radius 2 is 1.77 bits per heavy atom. The minimum absolute atomic E-state index is 0.837. The lowest BCUT2D eigenvalue weighted by atomic mass is 9.77. The second-order valence-corrected chi connectivity index (χ2v) is 5.43. The predicted molar refractivity (Wildman–Crippen MR) is 58.8 cm³/mol. The van der Waals surface area contributed by atoms with Crippen LogP contribution in [-0.4, -0.2) is 25.0 Å². The van der Waals surface area contributed by atoms with Crippen molar-refractivity contribution in [2.75, 3.05) is 20.1 Å². The molecule has 1 rings (SSSR count). The Bertz CT molecular complexity index is 143. The van der Waals surface area contributed by atoms with Gasteiger partial charge in [-0.2, -0.15) is 0 Å². The van der Waals surface area contributed by atoms with Crippen molar-refractivity contribution in [2.45, 2.75) is 34.1 Å². The Morgan fingerprint density at radius 1 is 1.15 bits per heavy atom. The van der Waals surface area contributed by atoms with Gasteiger partial charge in [0.05, 0.1) is 0 Å². The van der Waals surface area contributed by atoms with E-state index in [9.17, 15) is 0 Å². The van der Waals surface area contributed by atoms with Gasteiger partial charge < -0.3 is 4.90 Å². The summed E-state index contributed by atoms with van der Waals surface area (Å²) in [5.41, 5.74) is 0. The van der Waals surface area contributed by atoms with Crippen molar-refractivity contribution in [3.8, 4) is 0 Å². The SMILES string of the molecule is CC1CC(C(C)C(C)C)CN(C)C1. The average Bonchev–Trinajstić information content (AvgIpc) is 2.01. The van der Waals surface area contributed by atoms with Crippen LogP contribution in [0.15, 0.2) is 0 Å². The summed E-state index contributed by atoms with van der Waals surface area (Å²) in [6, 6.07) is 0. The molecule has 78 valence electrons. The number of hydrogen-bond donors (Lipinski definition) is 0. The molecule has 0 N–H and O–H groups in total. The van der Waals surface area contributed by atoms with Gasteiger partial charge in [-0.1, -0.05) is 27.7 Å². The summed E-state index contributed by atoms with van der Waals surface area (Å²) in [5, 5.41) is 0. The smallest absolute Gasteiger partial charge is 0.000947 e. The van der Waals surface area contributed by atoms with Crippen LogP contribution in [0.25, 0.3) is 0 Å². The normalized spacial score (nSPS) is 33.7. The van der Waals surface area contributed by atoms with Crippen molar-refractivity contribution in [3.63, 3.8) is 0 Å². The van der Waals surface area contributed by atoms with Crippen molar-refractivity contribution < 1.29 is 0 Å². The molecule has 0 bridgehead atoms. The Balaban J connectivity index is 2.49. The maximum Gasteiger partial charge on any atom is 0.000947 e. The first-order chi connectivity index (χ1) is 6.00. The van der Waals surface area contributed by atoms with Crippen LogP contribution in [0.1, 0.15) is 34.1 Å². The molecule has 0 saturated carbocycles. The molecule has 1 fully saturated rings. The monoisotopic (exact) mass is 183 g/mol. The number of nitrogens with zero attached hydrogens (tertiary/aromatic N) is 1. The second-order valence-electron chi connectivity index (χ2n) is 5.43. The van der Waals surface area contributed by atoms with E-state index >= 15 is 0 Å². The number of rotatable bonds is 2. The van der Waals surface area contributed by atoms with Gasteiger partial charge in [0.15, 0.2) is 0 Å². The summed E-state index contributed by atoms with van der Waals surface area (Å²) in [7, 11) is 2.26. The highest BCUT2D eigenvalue weighted by Crippen LogP contribution is 2.30. The van der Waals surface area contributed by atoms with E-state index in [1.165, 1.54) is 19.5 Å². The molecule has 1 aliphatic rings. The van der Waals surface area contributed by atoms with E-state index in [1.54, 1.807) is 0 Å². The topological polar surface area (TPSA) is 3.24 Å². The predicted octanol–water partition coefficient (Wildman–Crippen LogP) is 2.87. The highest BCUT2D eigenvalue weighted by Gasteiger charge is 2.27. The van der Waals surface area contributed by atoms with E-state index in [0.717, 1.165) is 23.7 Å². The van der Waals surface area contributed by atoms with Gasteiger partial charge in [-0.3, -0.25) is 0 Å². The molecule has 1 aliphatic heterocycles. The van der Waals surface area contributed by atoms with Gasteiger partial charge in [0, 0.05) is 13.1 Å². The summed E-state index contributed by atoms with van der Waals surface area (Å²) in [6.45, 7) is 12.1. The third-order valence-electron chi connectivity index (χ3n) is 3.67. The van der Waals surface area contributed by atoms with Crippen molar-refractivity contribution in [2.24, 2.45) is 23.7 Å². The highest BCUT2D eigenvalue weighted by atomic mass is 15.1. The van der Waals surface area contributed by atoms with Crippen LogP contribution in [0.5, 0.6) is 0 Å². The van der Waals surface area contributed by atoms with Crippen molar-refractivity contribution >= 4 is 0 Å². The molecule has 0 radical (unpaired) electrons. The molecule has 13 heavy (non-hydrogen) atoms. The largest absolute Gasteiger partial charge is 0.306 e. The van der Waals surface area contributed by atoms with Gasteiger partial charge in [0.2, 0.25) is 0 Å². The third-order valence-corrected chi connectivity index (χ3v) is 3.67. The number of likely N-dealkylation sites (tertiary alicyclic amines) is 1. The van der Waals surface area contributed by atoms with Crippen molar-refractivity contribution in [3.05, 3.63) is 0 Å². The van der Waals surface area contributed by atoms with E-state index in [-0.39, 0.29) is 0 Å². The van der Waals surface area contributed by atoms with Crippen LogP contribution in [-0.2, 0) is 0 Å². The maximum absolute atomic E-state index is 2.50. The van der Waals surface area contributed by atoms with E-state index in [2.05, 4.69) is 39.6 Å². The molecule has 1 heterocycles. The van der Waals surface area contributed by atoms with Gasteiger partial charge in [-0.25, -0.2) is 0 Å². The Morgan fingerprint density at radius 3 is 2.23 bits per heavy atom. The zero-order valence-electron chi connectivity index (χ0n) is 9.88. The molecule has 1 saturated heterocycles. The average molecular weight is 183 g/mol. The first-order valence-electron chi connectivity index (χ1n) is 5.69. The zero-order valence-corrected chi connectivity index (χ0v) is 9.88. The second kappa shape index (κ2) is 4.45. The number of piperidine rings is 1. The Kier molecular flexibility index (Phi) is 3.78. The van der Waals surface area contributed by atoms with Crippen LogP contribution < -0.4 is 0 Å². The molecule has 0 amide bonds. The lowest BCUT2D eigenvalue weighted by Crippen LogP contribution is -2.40. The summed E-state index contributed by atoms with van der Waals surface area (Å²) >= 11 is 0. The minimum atomic E-state index is 0.837. The number of hydrogen-bond acceptors (Lipinski definition) is 1. The standard InChI is InChI=1S/C12H25N/c1-9(2)11(4)12-6-10(3)7-13(5)8-12/h9-12H,6-8H2,1-5H3. The highest BCUT2D eigenvalue weighted by molar-refractivity contribution is 4.79. The quantitative estimate of drug-likeness (QED) is 0.636. The van der Waals surface area contributed by atoms with Gasteiger partial charge in [-0.05, 0) is 37.1 Å². The lowest BCUT2D eigenvalue weighted by Gasteiger charge is -2.38. The van der Waals surface area contributed by atoms with Gasteiger partial charge in [0.25, 0.3) is 0 Å². The fourth-order valence-corrected chi connectivity index (χ4v) is 2.60. The van der Waals surface area contributed by atoms with Gasteiger partial charge >= 0.3 is 0 Å². The van der Waals surface area contributed by atoms with Crippen molar-refractivity contribution in [1.29, 1.82) is 0 Å². The fourth-order valence-electron chi connectivity index (χ4n) is 2.60. The van der Waals surface area contributed by atoms with Crippen LogP contribution in [0, 0.1) is 23.7 Å². The maximum atomic E-state index is 2.50. The molecule has 1 nitrogen and oxygen atoms in total. The summed E-state index contributed by atoms with van der Waals surface area (Å²) in [4.78, 5) is 2.50. The van der Waals surface area contributed by atoms with E-state index in [4.69, 9.17) is 0 Å². The van der Waals surface area contributed by atoms with E-state index < -0.39 is 0 Å². The van der Waals surface area contributed by atoms with Crippen LogP contribution in [0.2, 0.25) is 0 Å². The van der Waals surface area contributed by atoms with E-state index in [1.807, 2.05) is 0 Å². The van der Waals surface area contributed by atoms with Crippen molar-refractivity contribution in [1.82, 2.24) is 4.90 Å². The Hall–Kier alpha value is -0.0400. The van der Waals surface area contributed by atoms with Crippen LogP contribution >= 0.6 is 0 Å². The molecular formula is C12H25N. The zero-order chi connectivity index (χ0) is 10.0. The molecule has 0 aromatic rings. The first kappa shape index (κ1) is 11.0. The summed E-state index contributed by atoms with van der Waals surface area (Å²) in [5.74, 6) is 3.53. The summed E-state index contributed by atoms with van der Waals surface area (Å²) in [6.07, 6.45) is 1.43. The van der Waals surface area contributed by atoms with Gasteiger partial charge in [-0.15, -0.1) is 0 Å². The fraction of sp³-hybridized carbons (Fsp3) is 1.00. The molecule has 1 heteroatoms. The molecule has 0 aromatic heterocycles. The lowest BCUT2D eigenvalue weighted by molar-refractivity contribution is 0.107. The molecule has 0 aromatic carbocycles. The van der Waals surface area contributed by atoms with Gasteiger partial charge in [0.1, 0.15) is 0 Å². The molecule has 0 aliphatic carbocycles. The van der Waals surface area contributed by atoms with E-state index in [0.29, 0.717) is 0 Å². The molecule has 3 unspecified atom stereocenters. The molecular weight excluding hydrogens is 158 g/mol. The summed E-state index contributed by atoms with van der Waals surface area (Å²) < 4.78 is 0. The van der Waals surface area contributed by atoms with Crippen LogP contribution in [0.4, 0.5) is 0 Å².